The first kappa shape index (κ1) is 7.39. The number of aliphatic hydroxyl groups is 1. The van der Waals surface area contributed by atoms with Gasteiger partial charge in [0.1, 0.15) is 0 Å². The Bertz CT molecular complexity index is 189. The summed E-state index contributed by atoms with van der Waals surface area (Å²) in [6, 6.07) is 0. The minimum atomic E-state index is 0.296. The molecule has 10 heavy (non-hydrogen) atoms. The fourth-order valence-corrected chi connectivity index (χ4v) is 1.16. The maximum Gasteiger partial charge on any atom is 0.0985 e. The summed E-state index contributed by atoms with van der Waals surface area (Å²) in [4.78, 5) is 0. The lowest BCUT2D eigenvalue weighted by atomic mass is 9.87. The first-order valence-electron chi connectivity index (χ1n) is 3.71. The van der Waals surface area contributed by atoms with Crippen molar-refractivity contribution in [2.24, 2.45) is 11.8 Å². The second-order valence-electron chi connectivity index (χ2n) is 3.08. The average molecular weight is 138 g/mol. The summed E-state index contributed by atoms with van der Waals surface area (Å²) >= 11 is 0. The van der Waals surface area contributed by atoms with Crippen LogP contribution in [0.25, 0.3) is 0 Å². The zero-order chi connectivity index (χ0) is 7.72. The maximum absolute atomic E-state index is 9.44. The molecule has 0 amide bonds. The van der Waals surface area contributed by atoms with E-state index in [9.17, 15) is 5.11 Å². The predicted octanol–water partition coefficient (Wildman–Crippen LogP) is 2.66. The van der Waals surface area contributed by atoms with Gasteiger partial charge in [-0.15, -0.1) is 0 Å². The summed E-state index contributed by atoms with van der Waals surface area (Å²) in [5, 5.41) is 9.44. The van der Waals surface area contributed by atoms with E-state index in [4.69, 9.17) is 0 Å². The predicted molar refractivity (Wildman–Crippen MR) is 42.8 cm³/mol. The van der Waals surface area contributed by atoms with Crippen LogP contribution in [0.15, 0.2) is 23.5 Å². The Labute approximate surface area is 62.1 Å². The van der Waals surface area contributed by atoms with Crippen molar-refractivity contribution in [1.82, 2.24) is 0 Å². The summed E-state index contributed by atoms with van der Waals surface area (Å²) in [6.45, 7) is 6.10. The van der Waals surface area contributed by atoms with Crippen LogP contribution in [0.4, 0.5) is 0 Å². The molecule has 1 heteroatoms. The molecule has 56 valence electrons. The van der Waals surface area contributed by atoms with Crippen molar-refractivity contribution >= 4 is 0 Å². The van der Waals surface area contributed by atoms with Crippen molar-refractivity contribution in [2.45, 2.75) is 20.8 Å². The van der Waals surface area contributed by atoms with E-state index in [1.807, 2.05) is 19.9 Å². The summed E-state index contributed by atoms with van der Waals surface area (Å²) in [5.41, 5.74) is 1.01. The molecule has 2 atom stereocenters. The van der Waals surface area contributed by atoms with Gasteiger partial charge >= 0.3 is 0 Å². The first-order chi connectivity index (χ1) is 4.63. The molecule has 2 unspecified atom stereocenters. The standard InChI is InChI=1S/C9H14O/c1-6-4-5-7(2)9(10)8(6)3/h4-6,8,10H,1-3H3. The van der Waals surface area contributed by atoms with Crippen molar-refractivity contribution < 1.29 is 5.11 Å². The Hall–Kier alpha value is -0.720. The van der Waals surface area contributed by atoms with Gasteiger partial charge in [0.15, 0.2) is 0 Å². The molecule has 1 nitrogen and oxygen atoms in total. The minimum absolute atomic E-state index is 0.296. The van der Waals surface area contributed by atoms with E-state index in [1.54, 1.807) is 0 Å². The molecule has 0 radical (unpaired) electrons. The largest absolute Gasteiger partial charge is 0.512 e. The molecule has 0 spiro atoms. The molecule has 0 aliphatic heterocycles. The molecule has 0 bridgehead atoms. The van der Waals surface area contributed by atoms with E-state index >= 15 is 0 Å². The summed E-state index contributed by atoms with van der Waals surface area (Å²) in [5.74, 6) is 1.32. The van der Waals surface area contributed by atoms with Crippen molar-refractivity contribution in [3.8, 4) is 0 Å². The molecule has 1 aliphatic carbocycles. The Morgan fingerprint density at radius 2 is 2.00 bits per heavy atom. The van der Waals surface area contributed by atoms with Gasteiger partial charge in [-0.05, 0) is 18.4 Å². The first-order valence-corrected chi connectivity index (χ1v) is 3.71. The Morgan fingerprint density at radius 3 is 2.50 bits per heavy atom. The van der Waals surface area contributed by atoms with E-state index in [1.165, 1.54) is 0 Å². The van der Waals surface area contributed by atoms with E-state index in [0.717, 1.165) is 5.57 Å². The fourth-order valence-electron chi connectivity index (χ4n) is 1.16. The van der Waals surface area contributed by atoms with Crippen LogP contribution in [0.5, 0.6) is 0 Å². The van der Waals surface area contributed by atoms with Crippen LogP contribution >= 0.6 is 0 Å². The smallest absolute Gasteiger partial charge is 0.0985 e. The molecule has 0 heterocycles. The number of hydrogen-bond acceptors (Lipinski definition) is 1. The molecule has 0 aromatic carbocycles. The van der Waals surface area contributed by atoms with Gasteiger partial charge in [0.2, 0.25) is 0 Å². The Balaban J connectivity index is 2.88. The molecule has 0 saturated carbocycles. The normalized spacial score (nSPS) is 33.1. The van der Waals surface area contributed by atoms with Crippen LogP contribution in [0.3, 0.4) is 0 Å². The van der Waals surface area contributed by atoms with Gasteiger partial charge in [0.25, 0.3) is 0 Å². The van der Waals surface area contributed by atoms with E-state index in [0.29, 0.717) is 17.6 Å². The van der Waals surface area contributed by atoms with Gasteiger partial charge in [0.05, 0.1) is 5.76 Å². The number of rotatable bonds is 0. The summed E-state index contributed by atoms with van der Waals surface area (Å²) in [7, 11) is 0. The van der Waals surface area contributed by atoms with Crippen molar-refractivity contribution in [3.05, 3.63) is 23.5 Å². The zero-order valence-corrected chi connectivity index (χ0v) is 6.76. The van der Waals surface area contributed by atoms with Gasteiger partial charge in [0, 0.05) is 5.92 Å². The number of aliphatic hydroxyl groups excluding tert-OH is 1. The molecule has 0 aromatic rings. The summed E-state index contributed by atoms with van der Waals surface area (Å²) in [6.07, 6.45) is 4.12. The Morgan fingerprint density at radius 1 is 1.40 bits per heavy atom. The second kappa shape index (κ2) is 2.49. The van der Waals surface area contributed by atoms with E-state index < -0.39 is 0 Å². The van der Waals surface area contributed by atoms with E-state index in [2.05, 4.69) is 13.0 Å². The zero-order valence-electron chi connectivity index (χ0n) is 6.76. The lowest BCUT2D eigenvalue weighted by Crippen LogP contribution is -2.12. The molecule has 0 fully saturated rings. The van der Waals surface area contributed by atoms with Crippen LogP contribution in [-0.4, -0.2) is 5.11 Å². The van der Waals surface area contributed by atoms with Crippen LogP contribution in [-0.2, 0) is 0 Å². The van der Waals surface area contributed by atoms with Crippen molar-refractivity contribution in [3.63, 3.8) is 0 Å². The third-order valence-corrected chi connectivity index (χ3v) is 2.27. The molecule has 1 aliphatic rings. The average Bonchev–Trinajstić information content (AvgIpc) is 1.93. The van der Waals surface area contributed by atoms with E-state index in [-0.39, 0.29) is 0 Å². The van der Waals surface area contributed by atoms with Gasteiger partial charge in [-0.3, -0.25) is 0 Å². The highest BCUT2D eigenvalue weighted by molar-refractivity contribution is 5.26. The topological polar surface area (TPSA) is 20.2 Å². The monoisotopic (exact) mass is 138 g/mol. The fraction of sp³-hybridized carbons (Fsp3) is 0.556. The van der Waals surface area contributed by atoms with Crippen molar-refractivity contribution in [1.29, 1.82) is 0 Å². The molecular formula is C9H14O. The highest BCUT2D eigenvalue weighted by Gasteiger charge is 2.18. The molecule has 0 saturated heterocycles. The third-order valence-electron chi connectivity index (χ3n) is 2.27. The van der Waals surface area contributed by atoms with Gasteiger partial charge in [-0.2, -0.15) is 0 Å². The molecule has 1 N–H and O–H groups in total. The van der Waals surface area contributed by atoms with Crippen molar-refractivity contribution in [2.75, 3.05) is 0 Å². The minimum Gasteiger partial charge on any atom is -0.512 e. The van der Waals surface area contributed by atoms with Crippen LogP contribution < -0.4 is 0 Å². The molecular weight excluding hydrogens is 124 g/mol. The Kier molecular flexibility index (Phi) is 1.84. The third kappa shape index (κ3) is 1.08. The molecule has 0 aromatic heterocycles. The molecule has 1 rings (SSSR count). The van der Waals surface area contributed by atoms with Crippen LogP contribution in [0.2, 0.25) is 0 Å². The highest BCUT2D eigenvalue weighted by Crippen LogP contribution is 2.26. The van der Waals surface area contributed by atoms with Gasteiger partial charge in [-0.25, -0.2) is 0 Å². The van der Waals surface area contributed by atoms with Gasteiger partial charge in [-0.1, -0.05) is 26.0 Å². The lowest BCUT2D eigenvalue weighted by molar-refractivity contribution is 0.301. The highest BCUT2D eigenvalue weighted by atomic mass is 16.3. The SMILES string of the molecule is CC1=C(O)C(C)C(C)C=C1. The second-order valence-corrected chi connectivity index (χ2v) is 3.08. The van der Waals surface area contributed by atoms with Crippen LogP contribution in [0.1, 0.15) is 20.8 Å². The lowest BCUT2D eigenvalue weighted by Gasteiger charge is -2.21. The summed E-state index contributed by atoms with van der Waals surface area (Å²) < 4.78 is 0. The number of allylic oxidation sites excluding steroid dienone is 4. The van der Waals surface area contributed by atoms with Gasteiger partial charge < -0.3 is 5.11 Å². The quantitative estimate of drug-likeness (QED) is 0.545. The number of hydrogen-bond donors (Lipinski definition) is 1. The van der Waals surface area contributed by atoms with Crippen LogP contribution in [0, 0.1) is 11.8 Å². The maximum atomic E-state index is 9.44.